The van der Waals surface area contributed by atoms with E-state index >= 15 is 0 Å². The van der Waals surface area contributed by atoms with E-state index in [9.17, 15) is 5.11 Å². The Bertz CT molecular complexity index is 642. The number of ether oxygens (including phenoxy) is 2. The molecule has 0 spiro atoms. The molecule has 2 aromatic carbocycles. The van der Waals surface area contributed by atoms with Gasteiger partial charge in [0.05, 0.1) is 13.2 Å². The van der Waals surface area contributed by atoms with Crippen LogP contribution in [-0.4, -0.2) is 18.3 Å². The molecule has 0 saturated carbocycles. The smallest absolute Gasteiger partial charge is 0.124 e. The van der Waals surface area contributed by atoms with Gasteiger partial charge in [-0.3, -0.25) is 0 Å². The van der Waals surface area contributed by atoms with Gasteiger partial charge in [0, 0.05) is 30.1 Å². The van der Waals surface area contributed by atoms with Crippen LogP contribution < -0.4 is 14.8 Å². The van der Waals surface area contributed by atoms with Gasteiger partial charge in [0.2, 0.25) is 0 Å². The number of phenolic OH excluding ortho intramolecular Hbond substituents is 1. The van der Waals surface area contributed by atoms with Gasteiger partial charge in [-0.05, 0) is 31.2 Å². The van der Waals surface area contributed by atoms with Gasteiger partial charge < -0.3 is 19.9 Å². The van der Waals surface area contributed by atoms with Crippen LogP contribution in [0.5, 0.6) is 17.2 Å². The highest BCUT2D eigenvalue weighted by Gasteiger charge is 2.20. The normalized spacial score (nSPS) is 16.7. The number of hydrogen-bond donors (Lipinski definition) is 2. The second-order valence-electron chi connectivity index (χ2n) is 5.33. The van der Waals surface area contributed by atoms with Gasteiger partial charge >= 0.3 is 0 Å². The van der Waals surface area contributed by atoms with Gasteiger partial charge in [-0.15, -0.1) is 0 Å². The number of para-hydroxylation sites is 1. The molecule has 1 atom stereocenters. The van der Waals surface area contributed by atoms with Crippen molar-refractivity contribution in [2.45, 2.75) is 25.9 Å². The fourth-order valence-electron chi connectivity index (χ4n) is 2.75. The highest BCUT2D eigenvalue weighted by atomic mass is 16.5. The maximum atomic E-state index is 10.0. The van der Waals surface area contributed by atoms with E-state index in [1.165, 1.54) is 5.56 Å². The van der Waals surface area contributed by atoms with E-state index in [2.05, 4.69) is 11.4 Å². The zero-order valence-electron chi connectivity index (χ0n) is 12.7. The molecule has 0 aromatic heterocycles. The molecule has 0 fully saturated rings. The first kappa shape index (κ1) is 14.7. The molecular formula is C18H21NO3. The molecule has 2 aromatic rings. The molecule has 4 heteroatoms. The maximum absolute atomic E-state index is 10.0. The van der Waals surface area contributed by atoms with Crippen molar-refractivity contribution in [3.63, 3.8) is 0 Å². The zero-order chi connectivity index (χ0) is 15.4. The highest BCUT2D eigenvalue weighted by molar-refractivity contribution is 5.40. The molecule has 1 heterocycles. The molecule has 4 nitrogen and oxygen atoms in total. The van der Waals surface area contributed by atoms with Crippen LogP contribution >= 0.6 is 0 Å². The number of fused-ring (bicyclic) bond motifs is 1. The molecule has 22 heavy (non-hydrogen) atoms. The summed E-state index contributed by atoms with van der Waals surface area (Å²) in [6.45, 7) is 3.86. The Morgan fingerprint density at radius 2 is 2.14 bits per heavy atom. The van der Waals surface area contributed by atoms with E-state index in [1.54, 1.807) is 12.1 Å². The summed E-state index contributed by atoms with van der Waals surface area (Å²) in [5, 5.41) is 13.5. The summed E-state index contributed by atoms with van der Waals surface area (Å²) in [7, 11) is 0. The summed E-state index contributed by atoms with van der Waals surface area (Å²) in [4.78, 5) is 0. The molecule has 1 aliphatic rings. The Morgan fingerprint density at radius 1 is 1.27 bits per heavy atom. The molecule has 116 valence electrons. The van der Waals surface area contributed by atoms with Gasteiger partial charge in [-0.1, -0.05) is 18.2 Å². The SMILES string of the molecule is CCOc1ccc(O)c(CN[C@H]2CCOc3ccccc32)c1. The number of rotatable bonds is 5. The summed E-state index contributed by atoms with van der Waals surface area (Å²) in [6, 6.07) is 13.7. The fraction of sp³-hybridized carbons (Fsp3) is 0.333. The van der Waals surface area contributed by atoms with E-state index in [4.69, 9.17) is 9.47 Å². The molecule has 0 radical (unpaired) electrons. The first-order valence-corrected chi connectivity index (χ1v) is 7.67. The van der Waals surface area contributed by atoms with Crippen molar-refractivity contribution >= 4 is 0 Å². The topological polar surface area (TPSA) is 50.7 Å². The van der Waals surface area contributed by atoms with Crippen LogP contribution in [0.1, 0.15) is 30.5 Å². The van der Waals surface area contributed by atoms with Crippen LogP contribution in [-0.2, 0) is 6.54 Å². The average Bonchev–Trinajstić information content (AvgIpc) is 2.55. The molecule has 3 rings (SSSR count). The van der Waals surface area contributed by atoms with Crippen molar-refractivity contribution in [3.8, 4) is 17.2 Å². The Labute approximate surface area is 130 Å². The summed E-state index contributed by atoms with van der Waals surface area (Å²) in [5.74, 6) is 2.01. The third kappa shape index (κ3) is 3.17. The van der Waals surface area contributed by atoms with Crippen molar-refractivity contribution in [3.05, 3.63) is 53.6 Å². The largest absolute Gasteiger partial charge is 0.508 e. The van der Waals surface area contributed by atoms with E-state index < -0.39 is 0 Å². The van der Waals surface area contributed by atoms with E-state index in [0.29, 0.717) is 19.8 Å². The molecule has 0 bridgehead atoms. The number of nitrogens with one attached hydrogen (secondary N) is 1. The molecule has 2 N–H and O–H groups in total. The lowest BCUT2D eigenvalue weighted by Crippen LogP contribution is -2.26. The summed E-state index contributed by atoms with van der Waals surface area (Å²) in [5.41, 5.74) is 2.02. The lowest BCUT2D eigenvalue weighted by atomic mass is 10.0. The molecule has 0 unspecified atom stereocenters. The number of phenols is 1. The van der Waals surface area contributed by atoms with E-state index in [0.717, 1.165) is 23.5 Å². The van der Waals surface area contributed by atoms with Crippen molar-refractivity contribution in [2.75, 3.05) is 13.2 Å². The van der Waals surface area contributed by atoms with Gasteiger partial charge in [-0.25, -0.2) is 0 Å². The fourth-order valence-corrected chi connectivity index (χ4v) is 2.75. The van der Waals surface area contributed by atoms with Crippen LogP contribution in [0, 0.1) is 0 Å². The monoisotopic (exact) mass is 299 g/mol. The second kappa shape index (κ2) is 6.71. The summed E-state index contributed by atoms with van der Waals surface area (Å²) in [6.07, 6.45) is 0.920. The number of benzene rings is 2. The quantitative estimate of drug-likeness (QED) is 0.888. The van der Waals surface area contributed by atoms with Gasteiger partial charge in [-0.2, -0.15) is 0 Å². The Morgan fingerprint density at radius 3 is 3.00 bits per heavy atom. The first-order valence-electron chi connectivity index (χ1n) is 7.67. The van der Waals surface area contributed by atoms with Gasteiger partial charge in [0.15, 0.2) is 0 Å². The number of aromatic hydroxyl groups is 1. The molecular weight excluding hydrogens is 278 g/mol. The predicted molar refractivity (Wildman–Crippen MR) is 85.4 cm³/mol. The Kier molecular flexibility index (Phi) is 4.49. The van der Waals surface area contributed by atoms with Crippen LogP contribution in [0.3, 0.4) is 0 Å². The molecule has 0 saturated heterocycles. The van der Waals surface area contributed by atoms with Crippen LogP contribution in [0.2, 0.25) is 0 Å². The molecule has 1 aliphatic heterocycles. The Balaban J connectivity index is 1.72. The van der Waals surface area contributed by atoms with Gasteiger partial charge in [0.1, 0.15) is 17.2 Å². The minimum Gasteiger partial charge on any atom is -0.508 e. The first-order chi connectivity index (χ1) is 10.8. The minimum atomic E-state index is 0.236. The van der Waals surface area contributed by atoms with Gasteiger partial charge in [0.25, 0.3) is 0 Å². The van der Waals surface area contributed by atoms with E-state index in [-0.39, 0.29) is 11.8 Å². The predicted octanol–water partition coefficient (Wildman–Crippen LogP) is 3.40. The Hall–Kier alpha value is -2.20. The van der Waals surface area contributed by atoms with Crippen molar-refractivity contribution in [1.82, 2.24) is 5.32 Å². The van der Waals surface area contributed by atoms with Crippen LogP contribution in [0.4, 0.5) is 0 Å². The highest BCUT2D eigenvalue weighted by Crippen LogP contribution is 2.32. The standard InChI is InChI=1S/C18H21NO3/c1-2-21-14-7-8-17(20)13(11-14)12-19-16-9-10-22-18-6-4-3-5-15(16)18/h3-8,11,16,19-20H,2,9-10,12H2,1H3/t16-/m0/s1. The lowest BCUT2D eigenvalue weighted by Gasteiger charge is -2.27. The minimum absolute atomic E-state index is 0.236. The van der Waals surface area contributed by atoms with Crippen LogP contribution in [0.15, 0.2) is 42.5 Å². The third-order valence-electron chi connectivity index (χ3n) is 3.86. The second-order valence-corrected chi connectivity index (χ2v) is 5.33. The zero-order valence-corrected chi connectivity index (χ0v) is 12.7. The average molecular weight is 299 g/mol. The molecule has 0 amide bonds. The lowest BCUT2D eigenvalue weighted by molar-refractivity contribution is 0.252. The van der Waals surface area contributed by atoms with Crippen molar-refractivity contribution < 1.29 is 14.6 Å². The third-order valence-corrected chi connectivity index (χ3v) is 3.86. The number of hydrogen-bond acceptors (Lipinski definition) is 4. The summed E-state index contributed by atoms with van der Waals surface area (Å²) < 4.78 is 11.2. The van der Waals surface area contributed by atoms with Crippen molar-refractivity contribution in [2.24, 2.45) is 0 Å². The maximum Gasteiger partial charge on any atom is 0.124 e. The summed E-state index contributed by atoms with van der Waals surface area (Å²) >= 11 is 0. The van der Waals surface area contributed by atoms with Crippen molar-refractivity contribution in [1.29, 1.82) is 0 Å². The van der Waals surface area contributed by atoms with E-state index in [1.807, 2.05) is 31.2 Å². The van der Waals surface area contributed by atoms with Crippen LogP contribution in [0.25, 0.3) is 0 Å². The molecule has 0 aliphatic carbocycles.